The molecule has 0 aromatic heterocycles. The molecule has 0 saturated carbocycles. The summed E-state index contributed by atoms with van der Waals surface area (Å²) in [5.41, 5.74) is 2.99. The summed E-state index contributed by atoms with van der Waals surface area (Å²) in [6, 6.07) is 11.1. The van der Waals surface area contributed by atoms with Gasteiger partial charge in [-0.15, -0.1) is 0 Å². The van der Waals surface area contributed by atoms with Gasteiger partial charge in [0.15, 0.2) is 11.6 Å². The van der Waals surface area contributed by atoms with Gasteiger partial charge in [-0.2, -0.15) is 0 Å². The summed E-state index contributed by atoms with van der Waals surface area (Å²) in [6.07, 6.45) is 0. The standard InChI is InChI=1S/C18H22FNO/c1-12(2)15-9-8-13(3)10-17(15)21-18-14(11-20-4)6-5-7-16(18)19/h5-10,12,20H,11H2,1-4H3. The zero-order valence-corrected chi connectivity index (χ0v) is 13.0. The van der Waals surface area contributed by atoms with Gasteiger partial charge in [-0.25, -0.2) is 4.39 Å². The van der Waals surface area contributed by atoms with Crippen molar-refractivity contribution in [2.75, 3.05) is 7.05 Å². The molecule has 0 fully saturated rings. The van der Waals surface area contributed by atoms with E-state index in [-0.39, 0.29) is 5.82 Å². The maximum absolute atomic E-state index is 14.1. The summed E-state index contributed by atoms with van der Waals surface area (Å²) < 4.78 is 20.1. The van der Waals surface area contributed by atoms with E-state index < -0.39 is 0 Å². The Morgan fingerprint density at radius 3 is 2.62 bits per heavy atom. The Labute approximate surface area is 126 Å². The fraction of sp³-hybridized carbons (Fsp3) is 0.333. The molecule has 2 rings (SSSR count). The highest BCUT2D eigenvalue weighted by Crippen LogP contribution is 2.34. The fourth-order valence-electron chi connectivity index (χ4n) is 2.31. The molecule has 2 aromatic carbocycles. The van der Waals surface area contributed by atoms with Crippen LogP contribution in [0.15, 0.2) is 36.4 Å². The van der Waals surface area contributed by atoms with Crippen molar-refractivity contribution in [1.82, 2.24) is 5.32 Å². The van der Waals surface area contributed by atoms with Crippen LogP contribution >= 0.6 is 0 Å². The van der Waals surface area contributed by atoms with Crippen molar-refractivity contribution in [2.24, 2.45) is 0 Å². The first-order valence-corrected chi connectivity index (χ1v) is 7.23. The van der Waals surface area contributed by atoms with E-state index in [1.807, 2.05) is 32.2 Å². The lowest BCUT2D eigenvalue weighted by Crippen LogP contribution is -2.07. The molecule has 0 atom stereocenters. The molecule has 0 unspecified atom stereocenters. The van der Waals surface area contributed by atoms with Crippen LogP contribution in [0.5, 0.6) is 11.5 Å². The summed E-state index contributed by atoms with van der Waals surface area (Å²) in [5, 5.41) is 3.04. The fourth-order valence-corrected chi connectivity index (χ4v) is 2.31. The average Bonchev–Trinajstić information content (AvgIpc) is 2.42. The van der Waals surface area contributed by atoms with Gasteiger partial charge in [0, 0.05) is 12.1 Å². The molecule has 112 valence electrons. The SMILES string of the molecule is CNCc1cccc(F)c1Oc1cc(C)ccc1C(C)C. The number of ether oxygens (including phenoxy) is 1. The summed E-state index contributed by atoms with van der Waals surface area (Å²) >= 11 is 0. The Kier molecular flexibility index (Phi) is 4.97. The molecule has 1 N–H and O–H groups in total. The number of nitrogens with one attached hydrogen (secondary N) is 1. The minimum Gasteiger partial charge on any atom is -0.454 e. The Morgan fingerprint density at radius 1 is 1.19 bits per heavy atom. The van der Waals surface area contributed by atoms with Gasteiger partial charge in [-0.05, 0) is 43.1 Å². The molecular weight excluding hydrogens is 265 g/mol. The quantitative estimate of drug-likeness (QED) is 0.855. The molecule has 0 bridgehead atoms. The normalized spacial score (nSPS) is 11.0. The number of rotatable bonds is 5. The van der Waals surface area contributed by atoms with Crippen LogP contribution in [-0.2, 0) is 6.54 Å². The minimum absolute atomic E-state index is 0.305. The van der Waals surface area contributed by atoms with E-state index in [1.54, 1.807) is 6.07 Å². The molecule has 0 saturated heterocycles. The van der Waals surface area contributed by atoms with Crippen LogP contribution < -0.4 is 10.1 Å². The summed E-state index contributed by atoms with van der Waals surface area (Å²) in [6.45, 7) is 6.78. The maximum atomic E-state index is 14.1. The predicted molar refractivity (Wildman–Crippen MR) is 84.5 cm³/mol. The van der Waals surface area contributed by atoms with Gasteiger partial charge in [0.2, 0.25) is 0 Å². The predicted octanol–water partition coefficient (Wildman–Crippen LogP) is 4.77. The van der Waals surface area contributed by atoms with Crippen molar-refractivity contribution in [3.05, 3.63) is 58.9 Å². The van der Waals surface area contributed by atoms with E-state index in [0.717, 1.165) is 22.4 Å². The van der Waals surface area contributed by atoms with Gasteiger partial charge < -0.3 is 10.1 Å². The first kappa shape index (κ1) is 15.5. The summed E-state index contributed by atoms with van der Waals surface area (Å²) in [5.74, 6) is 1.02. The van der Waals surface area contributed by atoms with Crippen molar-refractivity contribution in [3.8, 4) is 11.5 Å². The molecule has 21 heavy (non-hydrogen) atoms. The Bertz CT molecular complexity index is 623. The summed E-state index contributed by atoms with van der Waals surface area (Å²) in [7, 11) is 1.83. The highest BCUT2D eigenvalue weighted by atomic mass is 19.1. The zero-order valence-electron chi connectivity index (χ0n) is 13.0. The van der Waals surface area contributed by atoms with Crippen molar-refractivity contribution in [1.29, 1.82) is 0 Å². The molecule has 2 aromatic rings. The van der Waals surface area contributed by atoms with E-state index in [1.165, 1.54) is 6.07 Å². The monoisotopic (exact) mass is 287 g/mol. The Hall–Kier alpha value is -1.87. The molecule has 2 nitrogen and oxygen atoms in total. The first-order valence-electron chi connectivity index (χ1n) is 7.23. The maximum Gasteiger partial charge on any atom is 0.167 e. The van der Waals surface area contributed by atoms with E-state index in [9.17, 15) is 4.39 Å². The lowest BCUT2D eigenvalue weighted by atomic mass is 10.0. The van der Waals surface area contributed by atoms with E-state index in [0.29, 0.717) is 18.2 Å². The third-order valence-electron chi connectivity index (χ3n) is 3.42. The Balaban J connectivity index is 2.45. The molecule has 0 spiro atoms. The molecule has 0 heterocycles. The molecule has 0 aliphatic rings. The number of halogens is 1. The highest BCUT2D eigenvalue weighted by molar-refractivity contribution is 5.44. The largest absolute Gasteiger partial charge is 0.454 e. The Morgan fingerprint density at radius 2 is 1.95 bits per heavy atom. The lowest BCUT2D eigenvalue weighted by Gasteiger charge is -2.17. The van der Waals surface area contributed by atoms with E-state index >= 15 is 0 Å². The number of aryl methyl sites for hydroxylation is 1. The second-order valence-corrected chi connectivity index (χ2v) is 5.56. The molecule has 0 radical (unpaired) electrons. The van der Waals surface area contributed by atoms with Crippen LogP contribution in [0.1, 0.15) is 36.5 Å². The minimum atomic E-state index is -0.334. The topological polar surface area (TPSA) is 21.3 Å². The van der Waals surface area contributed by atoms with Gasteiger partial charge in [-0.3, -0.25) is 0 Å². The molecule has 0 aliphatic heterocycles. The number of benzene rings is 2. The number of hydrogen-bond donors (Lipinski definition) is 1. The highest BCUT2D eigenvalue weighted by Gasteiger charge is 2.14. The van der Waals surface area contributed by atoms with Gasteiger partial charge in [0.05, 0.1) is 0 Å². The number of para-hydroxylation sites is 1. The van der Waals surface area contributed by atoms with Crippen LogP contribution in [0.4, 0.5) is 4.39 Å². The second-order valence-electron chi connectivity index (χ2n) is 5.56. The smallest absolute Gasteiger partial charge is 0.167 e. The van der Waals surface area contributed by atoms with Crippen LogP contribution in [-0.4, -0.2) is 7.05 Å². The third kappa shape index (κ3) is 3.61. The summed E-state index contributed by atoms with van der Waals surface area (Å²) in [4.78, 5) is 0. The molecular formula is C18H22FNO. The van der Waals surface area contributed by atoms with Crippen molar-refractivity contribution in [2.45, 2.75) is 33.2 Å². The zero-order chi connectivity index (χ0) is 15.4. The van der Waals surface area contributed by atoms with Crippen molar-refractivity contribution in [3.63, 3.8) is 0 Å². The van der Waals surface area contributed by atoms with Gasteiger partial charge in [0.1, 0.15) is 5.75 Å². The molecule has 3 heteroatoms. The van der Waals surface area contributed by atoms with E-state index in [4.69, 9.17) is 4.74 Å². The van der Waals surface area contributed by atoms with E-state index in [2.05, 4.69) is 25.2 Å². The molecule has 0 aliphatic carbocycles. The second kappa shape index (κ2) is 6.72. The van der Waals surface area contributed by atoms with Crippen molar-refractivity contribution >= 4 is 0 Å². The first-order chi connectivity index (χ1) is 10.0. The van der Waals surface area contributed by atoms with Gasteiger partial charge >= 0.3 is 0 Å². The van der Waals surface area contributed by atoms with Crippen LogP contribution in [0.3, 0.4) is 0 Å². The molecule has 0 amide bonds. The van der Waals surface area contributed by atoms with Crippen LogP contribution in [0, 0.1) is 12.7 Å². The van der Waals surface area contributed by atoms with Crippen LogP contribution in [0.25, 0.3) is 0 Å². The lowest BCUT2D eigenvalue weighted by molar-refractivity contribution is 0.428. The third-order valence-corrected chi connectivity index (χ3v) is 3.42. The van der Waals surface area contributed by atoms with Gasteiger partial charge in [-0.1, -0.05) is 38.1 Å². The van der Waals surface area contributed by atoms with Crippen LogP contribution in [0.2, 0.25) is 0 Å². The van der Waals surface area contributed by atoms with Gasteiger partial charge in [0.25, 0.3) is 0 Å². The number of hydrogen-bond acceptors (Lipinski definition) is 2. The average molecular weight is 287 g/mol. The van der Waals surface area contributed by atoms with Crippen molar-refractivity contribution < 1.29 is 9.13 Å².